The molecule has 1 saturated heterocycles. The van der Waals surface area contributed by atoms with Crippen LogP contribution >= 0.6 is 11.3 Å². The largest absolute Gasteiger partial charge is 0.424 e. The summed E-state index contributed by atoms with van der Waals surface area (Å²) >= 11 is 1.58. The first kappa shape index (κ1) is 19.5. The lowest BCUT2D eigenvalue weighted by Gasteiger charge is -2.32. The Morgan fingerprint density at radius 1 is 1.16 bits per heavy atom. The third-order valence-corrected chi connectivity index (χ3v) is 7.62. The number of carbonyl (C=O) groups is 1. The molecule has 4 unspecified atom stereocenters. The van der Waals surface area contributed by atoms with Gasteiger partial charge in [0.1, 0.15) is 11.2 Å². The van der Waals surface area contributed by atoms with Crippen molar-refractivity contribution in [3.05, 3.63) is 65.3 Å². The highest BCUT2D eigenvalue weighted by Crippen LogP contribution is 2.51. The van der Waals surface area contributed by atoms with Crippen molar-refractivity contribution in [1.29, 1.82) is 0 Å². The zero-order valence-electron chi connectivity index (χ0n) is 18.0. The summed E-state index contributed by atoms with van der Waals surface area (Å²) in [5.74, 6) is 1.12. The van der Waals surface area contributed by atoms with Crippen LogP contribution in [0.1, 0.15) is 28.8 Å². The maximum absolute atomic E-state index is 13.7. The van der Waals surface area contributed by atoms with E-state index in [-0.39, 0.29) is 18.0 Å². The van der Waals surface area contributed by atoms with Gasteiger partial charge in [0, 0.05) is 12.6 Å². The predicted molar refractivity (Wildman–Crippen MR) is 126 cm³/mol. The Hall–Kier alpha value is -3.19. The van der Waals surface area contributed by atoms with E-state index in [1.165, 1.54) is 6.42 Å². The molecule has 4 atom stereocenters. The van der Waals surface area contributed by atoms with Gasteiger partial charge in [-0.05, 0) is 49.8 Å². The molecule has 0 radical (unpaired) electrons. The number of nitrogens with zero attached hydrogens (tertiary/aromatic N) is 3. The van der Waals surface area contributed by atoms with E-state index in [4.69, 9.17) is 4.42 Å². The Labute approximate surface area is 190 Å². The minimum Gasteiger partial charge on any atom is -0.424 e. The molecule has 1 saturated carbocycles. The van der Waals surface area contributed by atoms with Gasteiger partial charge < -0.3 is 14.6 Å². The lowest BCUT2D eigenvalue weighted by molar-refractivity contribution is 0.0688. The van der Waals surface area contributed by atoms with Gasteiger partial charge in [0.05, 0.1) is 15.9 Å². The number of oxazole rings is 1. The third kappa shape index (κ3) is 3.28. The van der Waals surface area contributed by atoms with E-state index in [9.17, 15) is 4.79 Å². The molecule has 1 N–H and O–H groups in total. The fourth-order valence-electron chi connectivity index (χ4n) is 5.07. The van der Waals surface area contributed by atoms with Gasteiger partial charge >= 0.3 is 0 Å². The zero-order chi connectivity index (χ0) is 21.8. The van der Waals surface area contributed by atoms with Crippen LogP contribution in [0.25, 0.3) is 21.5 Å². The molecule has 6 nitrogen and oxygen atoms in total. The summed E-state index contributed by atoms with van der Waals surface area (Å²) in [6.45, 7) is 4.87. The van der Waals surface area contributed by atoms with Gasteiger partial charge in [0.25, 0.3) is 11.9 Å². The van der Waals surface area contributed by atoms with Crippen molar-refractivity contribution in [3.63, 3.8) is 0 Å². The van der Waals surface area contributed by atoms with Gasteiger partial charge in [0.2, 0.25) is 0 Å². The molecule has 162 valence electrons. The van der Waals surface area contributed by atoms with Crippen LogP contribution in [0.4, 0.5) is 6.01 Å². The first-order valence-electron chi connectivity index (χ1n) is 11.0. The highest BCUT2D eigenvalue weighted by atomic mass is 32.1. The normalized spacial score (nSPS) is 22.7. The molecule has 2 fully saturated rings. The van der Waals surface area contributed by atoms with Crippen LogP contribution in [0.2, 0.25) is 0 Å². The lowest BCUT2D eigenvalue weighted by Crippen LogP contribution is -2.47. The number of hydrogen-bond acceptors (Lipinski definition) is 6. The summed E-state index contributed by atoms with van der Waals surface area (Å²) in [6.07, 6.45) is 1.18. The molecule has 2 aliphatic rings. The van der Waals surface area contributed by atoms with Crippen molar-refractivity contribution in [2.45, 2.75) is 32.4 Å². The molecule has 32 heavy (non-hydrogen) atoms. The smallest absolute Gasteiger partial charge is 0.295 e. The number of thiazole rings is 1. The number of hydrogen-bond donors (Lipinski definition) is 1. The van der Waals surface area contributed by atoms with E-state index in [1.54, 1.807) is 11.3 Å². The number of aromatic nitrogens is 2. The maximum atomic E-state index is 13.7. The zero-order valence-corrected chi connectivity index (χ0v) is 18.8. The van der Waals surface area contributed by atoms with Crippen LogP contribution in [0.3, 0.4) is 0 Å². The molecule has 2 aromatic heterocycles. The highest BCUT2D eigenvalue weighted by molar-refractivity contribution is 7.15. The second-order valence-corrected chi connectivity index (χ2v) is 10.0. The van der Waals surface area contributed by atoms with Gasteiger partial charge in [-0.25, -0.2) is 4.98 Å². The first-order chi connectivity index (χ1) is 15.6. The molecular formula is C25H24N4O2S. The molecule has 0 bridgehead atoms. The number of nitrogens with one attached hydrogen (secondary N) is 1. The van der Waals surface area contributed by atoms with Gasteiger partial charge in [-0.2, -0.15) is 4.98 Å². The molecule has 7 heteroatoms. The Balaban J connectivity index is 1.28. The number of piperidine rings is 1. The molecule has 2 aromatic carbocycles. The second-order valence-electron chi connectivity index (χ2n) is 8.80. The number of carbonyl (C=O) groups excluding carboxylic acids is 1. The summed E-state index contributed by atoms with van der Waals surface area (Å²) in [5.41, 5.74) is 3.20. The minimum absolute atomic E-state index is 0.0180. The van der Waals surface area contributed by atoms with Crippen molar-refractivity contribution >= 4 is 34.4 Å². The number of aryl methyl sites for hydroxylation is 1. The molecule has 1 aliphatic carbocycles. The number of para-hydroxylation sites is 2. The number of fused-ring (bicyclic) bond motifs is 2. The predicted octanol–water partition coefficient (Wildman–Crippen LogP) is 5.22. The van der Waals surface area contributed by atoms with Gasteiger partial charge in [-0.3, -0.25) is 4.79 Å². The SMILES string of the molecule is Cc1nc(C(=O)N2CC3CC3C2C(C)Nc2nc3ccccc3o2)c(-c2ccccc2)s1. The monoisotopic (exact) mass is 444 g/mol. The van der Waals surface area contributed by atoms with Crippen LogP contribution in [-0.2, 0) is 0 Å². The van der Waals surface area contributed by atoms with E-state index in [0.29, 0.717) is 23.5 Å². The van der Waals surface area contributed by atoms with Crippen molar-refractivity contribution in [3.8, 4) is 10.4 Å². The topological polar surface area (TPSA) is 71.3 Å². The number of amides is 1. The molecule has 4 aromatic rings. The third-order valence-electron chi connectivity index (χ3n) is 6.60. The average Bonchev–Trinajstić information content (AvgIpc) is 3.14. The number of rotatable bonds is 5. The van der Waals surface area contributed by atoms with Crippen molar-refractivity contribution in [2.75, 3.05) is 11.9 Å². The maximum Gasteiger partial charge on any atom is 0.295 e. The summed E-state index contributed by atoms with van der Waals surface area (Å²) < 4.78 is 5.87. The van der Waals surface area contributed by atoms with E-state index >= 15 is 0 Å². The molecule has 1 aliphatic heterocycles. The Morgan fingerprint density at radius 2 is 1.94 bits per heavy atom. The van der Waals surface area contributed by atoms with E-state index in [1.807, 2.05) is 66.4 Å². The number of likely N-dealkylation sites (tertiary alicyclic amines) is 1. The standard InChI is InChI=1S/C25H24N4O2S/c1-14(26-25-28-19-10-6-7-11-20(19)31-25)22-18-12-17(18)13-29(22)24(30)21-23(32-15(2)27-21)16-8-4-3-5-9-16/h3-11,14,17-18,22H,12-13H2,1-2H3,(H,26,28). The highest BCUT2D eigenvalue weighted by Gasteiger charge is 2.56. The van der Waals surface area contributed by atoms with Crippen LogP contribution < -0.4 is 5.32 Å². The van der Waals surface area contributed by atoms with Crippen molar-refractivity contribution < 1.29 is 9.21 Å². The second kappa shape index (κ2) is 7.45. The molecule has 6 rings (SSSR count). The van der Waals surface area contributed by atoms with E-state index < -0.39 is 0 Å². The summed E-state index contributed by atoms with van der Waals surface area (Å²) in [6, 6.07) is 18.4. The quantitative estimate of drug-likeness (QED) is 0.457. The van der Waals surface area contributed by atoms with Gasteiger partial charge in [0.15, 0.2) is 5.58 Å². The van der Waals surface area contributed by atoms with Crippen LogP contribution in [0.5, 0.6) is 0 Å². The van der Waals surface area contributed by atoms with Crippen molar-refractivity contribution in [2.24, 2.45) is 11.8 Å². The molecular weight excluding hydrogens is 420 g/mol. The van der Waals surface area contributed by atoms with Crippen LogP contribution in [0, 0.1) is 18.8 Å². The Morgan fingerprint density at radius 3 is 2.75 bits per heavy atom. The first-order valence-corrected chi connectivity index (χ1v) is 11.9. The molecule has 0 spiro atoms. The number of anilines is 1. The van der Waals surface area contributed by atoms with Gasteiger partial charge in [-0.1, -0.05) is 42.5 Å². The number of benzene rings is 2. The average molecular weight is 445 g/mol. The molecule has 1 amide bonds. The van der Waals surface area contributed by atoms with Gasteiger partial charge in [-0.15, -0.1) is 11.3 Å². The Kier molecular flexibility index (Phi) is 4.54. The van der Waals surface area contributed by atoms with Crippen LogP contribution in [0.15, 0.2) is 59.0 Å². The van der Waals surface area contributed by atoms with E-state index in [0.717, 1.165) is 33.1 Å². The van der Waals surface area contributed by atoms with Crippen molar-refractivity contribution in [1.82, 2.24) is 14.9 Å². The van der Waals surface area contributed by atoms with E-state index in [2.05, 4.69) is 22.2 Å². The summed E-state index contributed by atoms with van der Waals surface area (Å²) in [4.78, 5) is 25.9. The minimum atomic E-state index is 0.0180. The fraction of sp³-hybridized carbons (Fsp3) is 0.320. The molecule has 3 heterocycles. The lowest BCUT2D eigenvalue weighted by atomic mass is 10.0. The Bertz CT molecular complexity index is 1260. The summed E-state index contributed by atoms with van der Waals surface area (Å²) in [7, 11) is 0. The summed E-state index contributed by atoms with van der Waals surface area (Å²) in [5, 5.41) is 4.34. The fourth-order valence-corrected chi connectivity index (χ4v) is 5.99. The van der Waals surface area contributed by atoms with Crippen LogP contribution in [-0.4, -0.2) is 39.4 Å².